The molecule has 0 aromatic rings. The molecule has 58 heavy (non-hydrogen) atoms. The van der Waals surface area contributed by atoms with E-state index in [1.807, 2.05) is 0 Å². The van der Waals surface area contributed by atoms with Gasteiger partial charge >= 0.3 is 0 Å². The Kier molecular flexibility index (Phi) is 51.3. The molecule has 350 valence electrons. The SMILES string of the molecule is CCCCCCCCCCCCCCCCC[N+](CCCCCC)(CCCCCCCCCCCCCCCCC)CCCCCCCCCCCCCCCCC. The minimum absolute atomic E-state index is 1.37. The molecule has 0 amide bonds. The van der Waals surface area contributed by atoms with Gasteiger partial charge in [0.1, 0.15) is 0 Å². The molecule has 0 atom stereocenters. The van der Waals surface area contributed by atoms with Crippen LogP contribution in [0.4, 0.5) is 0 Å². The van der Waals surface area contributed by atoms with E-state index in [1.165, 1.54) is 345 Å². The van der Waals surface area contributed by atoms with Crippen molar-refractivity contribution in [1.29, 1.82) is 0 Å². The second kappa shape index (κ2) is 51.3. The summed E-state index contributed by atoms with van der Waals surface area (Å²) >= 11 is 0. The first-order valence-corrected chi connectivity index (χ1v) is 28.6. The van der Waals surface area contributed by atoms with Gasteiger partial charge in [0.05, 0.1) is 26.2 Å². The smallest absolute Gasteiger partial charge is 0.0786 e. The highest BCUT2D eigenvalue weighted by Crippen LogP contribution is 2.22. The van der Waals surface area contributed by atoms with E-state index in [4.69, 9.17) is 0 Å². The quantitative estimate of drug-likeness (QED) is 0.0424. The van der Waals surface area contributed by atoms with Crippen LogP contribution in [-0.2, 0) is 0 Å². The molecule has 1 nitrogen and oxygen atoms in total. The molecule has 0 N–H and O–H groups in total. The van der Waals surface area contributed by atoms with Crippen LogP contribution >= 0.6 is 0 Å². The standard InChI is InChI=1S/C57H118N/c1-5-9-13-17-20-23-26-29-32-35-38-41-44-47-51-55-58(54-50-16-12-8-4,56-52-48-45-42-39-36-33-30-27-24-21-18-14-10-6-2)57-53-49-46-43-40-37-34-31-28-25-22-19-15-11-7-3/h5-57H2,1-4H3/q+1. The highest BCUT2D eigenvalue weighted by atomic mass is 15.3. The summed E-state index contributed by atoms with van der Waals surface area (Å²) in [5.74, 6) is 0. The lowest BCUT2D eigenvalue weighted by Gasteiger charge is -2.40. The average molecular weight is 818 g/mol. The van der Waals surface area contributed by atoms with E-state index in [2.05, 4.69) is 27.7 Å². The van der Waals surface area contributed by atoms with Gasteiger partial charge in [0.15, 0.2) is 0 Å². The summed E-state index contributed by atoms with van der Waals surface area (Å²) in [4.78, 5) is 0. The van der Waals surface area contributed by atoms with E-state index in [9.17, 15) is 0 Å². The van der Waals surface area contributed by atoms with Crippen molar-refractivity contribution in [2.24, 2.45) is 0 Å². The van der Waals surface area contributed by atoms with E-state index in [0.29, 0.717) is 0 Å². The van der Waals surface area contributed by atoms with E-state index in [-0.39, 0.29) is 0 Å². The molecule has 0 radical (unpaired) electrons. The number of nitrogens with zero attached hydrogens (tertiary/aromatic N) is 1. The van der Waals surface area contributed by atoms with Gasteiger partial charge in [-0.15, -0.1) is 0 Å². The van der Waals surface area contributed by atoms with E-state index in [0.717, 1.165) is 0 Å². The predicted molar refractivity (Wildman–Crippen MR) is 269 cm³/mol. The molecule has 0 fully saturated rings. The maximum absolute atomic E-state index is 2.39. The first kappa shape index (κ1) is 58.0. The maximum atomic E-state index is 2.39. The highest BCUT2D eigenvalue weighted by molar-refractivity contribution is 4.57. The Bertz CT molecular complexity index is 616. The molecule has 0 bridgehead atoms. The highest BCUT2D eigenvalue weighted by Gasteiger charge is 2.25. The van der Waals surface area contributed by atoms with Gasteiger partial charge in [0, 0.05) is 0 Å². The summed E-state index contributed by atoms with van der Waals surface area (Å²) in [6, 6.07) is 0. The van der Waals surface area contributed by atoms with Crippen molar-refractivity contribution < 1.29 is 4.48 Å². The zero-order valence-electron chi connectivity index (χ0n) is 41.9. The Labute approximate surface area is 371 Å². The van der Waals surface area contributed by atoms with Crippen LogP contribution in [0.3, 0.4) is 0 Å². The van der Waals surface area contributed by atoms with Crippen molar-refractivity contribution in [3.8, 4) is 0 Å². The van der Waals surface area contributed by atoms with Gasteiger partial charge in [-0.1, -0.05) is 291 Å². The molecule has 0 aliphatic heterocycles. The molecule has 0 aliphatic carbocycles. The summed E-state index contributed by atoms with van der Waals surface area (Å²) in [6.45, 7) is 15.3. The first-order chi connectivity index (χ1) is 28.7. The van der Waals surface area contributed by atoms with Crippen molar-refractivity contribution in [2.45, 2.75) is 342 Å². The maximum Gasteiger partial charge on any atom is 0.0786 e. The molecule has 0 saturated heterocycles. The van der Waals surface area contributed by atoms with Crippen LogP contribution < -0.4 is 0 Å². The van der Waals surface area contributed by atoms with Crippen LogP contribution in [0.2, 0.25) is 0 Å². The molecule has 0 spiro atoms. The fourth-order valence-corrected chi connectivity index (χ4v) is 10.0. The molecule has 0 saturated carbocycles. The Morgan fingerprint density at radius 3 is 0.379 bits per heavy atom. The molecular weight excluding hydrogens is 699 g/mol. The Morgan fingerprint density at radius 2 is 0.241 bits per heavy atom. The summed E-state index contributed by atoms with van der Waals surface area (Å²) in [5.41, 5.74) is 0. The molecule has 1 heteroatoms. The van der Waals surface area contributed by atoms with Crippen LogP contribution in [0.1, 0.15) is 342 Å². The van der Waals surface area contributed by atoms with Gasteiger partial charge in [-0.2, -0.15) is 0 Å². The third-order valence-corrected chi connectivity index (χ3v) is 14.2. The van der Waals surface area contributed by atoms with Crippen LogP contribution in [0.5, 0.6) is 0 Å². The van der Waals surface area contributed by atoms with Crippen molar-refractivity contribution in [3.63, 3.8) is 0 Å². The normalized spacial score (nSPS) is 12.0. The number of rotatable bonds is 53. The zero-order chi connectivity index (χ0) is 42.0. The van der Waals surface area contributed by atoms with Crippen molar-refractivity contribution in [1.82, 2.24) is 0 Å². The topological polar surface area (TPSA) is 0 Å². The first-order valence-electron chi connectivity index (χ1n) is 28.6. The van der Waals surface area contributed by atoms with Crippen LogP contribution in [-0.4, -0.2) is 30.7 Å². The lowest BCUT2D eigenvalue weighted by atomic mass is 10.0. The molecule has 0 unspecified atom stereocenters. The van der Waals surface area contributed by atoms with Crippen molar-refractivity contribution >= 4 is 0 Å². The monoisotopic (exact) mass is 817 g/mol. The largest absolute Gasteiger partial charge is 0.324 e. The third kappa shape index (κ3) is 45.5. The molecule has 0 rings (SSSR count). The van der Waals surface area contributed by atoms with Gasteiger partial charge in [-0.05, 0) is 51.4 Å². The van der Waals surface area contributed by atoms with Crippen LogP contribution in [0.25, 0.3) is 0 Å². The number of quaternary nitrogens is 1. The molecule has 0 aliphatic rings. The van der Waals surface area contributed by atoms with Gasteiger partial charge in [-0.3, -0.25) is 0 Å². The summed E-state index contributed by atoms with van der Waals surface area (Å²) in [7, 11) is 0. The third-order valence-electron chi connectivity index (χ3n) is 14.2. The Balaban J connectivity index is 4.58. The fraction of sp³-hybridized carbons (Fsp3) is 1.00. The Morgan fingerprint density at radius 1 is 0.138 bits per heavy atom. The van der Waals surface area contributed by atoms with Gasteiger partial charge in [0.25, 0.3) is 0 Å². The van der Waals surface area contributed by atoms with E-state index in [1.54, 1.807) is 0 Å². The summed E-state index contributed by atoms with van der Waals surface area (Å²) < 4.78 is 1.49. The lowest BCUT2D eigenvalue weighted by Crippen LogP contribution is -2.50. The lowest BCUT2D eigenvalue weighted by molar-refractivity contribution is -0.929. The van der Waals surface area contributed by atoms with E-state index >= 15 is 0 Å². The van der Waals surface area contributed by atoms with Crippen molar-refractivity contribution in [3.05, 3.63) is 0 Å². The number of unbranched alkanes of at least 4 members (excludes halogenated alkanes) is 45. The molecule has 0 aromatic heterocycles. The predicted octanol–water partition coefficient (Wildman–Crippen LogP) is 21.0. The van der Waals surface area contributed by atoms with Gasteiger partial charge < -0.3 is 4.48 Å². The van der Waals surface area contributed by atoms with Crippen molar-refractivity contribution in [2.75, 3.05) is 26.2 Å². The average Bonchev–Trinajstić information content (AvgIpc) is 3.23. The Hall–Kier alpha value is -0.0400. The van der Waals surface area contributed by atoms with Crippen LogP contribution in [0.15, 0.2) is 0 Å². The summed E-state index contributed by atoms with van der Waals surface area (Å²) in [5, 5.41) is 0. The number of hydrogen-bond donors (Lipinski definition) is 0. The summed E-state index contributed by atoms with van der Waals surface area (Å²) in [6.07, 6.45) is 72.2. The molecule has 0 aromatic carbocycles. The van der Waals surface area contributed by atoms with Gasteiger partial charge in [0.2, 0.25) is 0 Å². The minimum atomic E-state index is 1.37. The van der Waals surface area contributed by atoms with Gasteiger partial charge in [-0.25, -0.2) is 0 Å². The van der Waals surface area contributed by atoms with E-state index < -0.39 is 0 Å². The second-order valence-corrected chi connectivity index (χ2v) is 20.1. The number of hydrogen-bond acceptors (Lipinski definition) is 0. The zero-order valence-corrected chi connectivity index (χ0v) is 41.9. The fourth-order valence-electron chi connectivity index (χ4n) is 10.0. The molecular formula is C57H118N+. The second-order valence-electron chi connectivity index (χ2n) is 20.1. The van der Waals surface area contributed by atoms with Crippen LogP contribution in [0, 0.1) is 0 Å². The minimum Gasteiger partial charge on any atom is -0.324 e. The molecule has 0 heterocycles.